The van der Waals surface area contributed by atoms with Gasteiger partial charge in [0.1, 0.15) is 5.56 Å². The molecule has 1 aliphatic heterocycles. The average molecular weight is 282 g/mol. The second kappa shape index (κ2) is 5.91. The summed E-state index contributed by atoms with van der Waals surface area (Å²) in [6.45, 7) is 5.42. The molecule has 2 heterocycles. The molecule has 0 spiro atoms. The van der Waals surface area contributed by atoms with Crippen molar-refractivity contribution in [2.24, 2.45) is 5.10 Å². The maximum absolute atomic E-state index is 11.8. The van der Waals surface area contributed by atoms with E-state index in [9.17, 15) is 14.7 Å². The van der Waals surface area contributed by atoms with Gasteiger partial charge >= 0.3 is 5.69 Å². The van der Waals surface area contributed by atoms with Gasteiger partial charge in [-0.1, -0.05) is 6.92 Å². The number of aromatic nitrogens is 2. The monoisotopic (exact) mass is 282 g/mol. The molecule has 1 fully saturated rings. The van der Waals surface area contributed by atoms with Crippen LogP contribution in [-0.2, 0) is 0 Å². The molecule has 20 heavy (non-hydrogen) atoms. The molecule has 1 aromatic heterocycles. The minimum absolute atomic E-state index is 0.0402. The quantitative estimate of drug-likeness (QED) is 0.468. The van der Waals surface area contributed by atoms with E-state index >= 15 is 0 Å². The molecule has 1 saturated heterocycles. The Bertz CT molecular complexity index is 610. The highest BCUT2D eigenvalue weighted by atomic mass is 16.3. The largest absolute Gasteiger partial charge is 0.494 e. The van der Waals surface area contributed by atoms with Crippen molar-refractivity contribution < 1.29 is 10.0 Å². The number of rotatable bonds is 3. The highest BCUT2D eigenvalue weighted by Crippen LogP contribution is 2.10. The van der Waals surface area contributed by atoms with Gasteiger partial charge in [0.05, 0.1) is 38.9 Å². The lowest BCUT2D eigenvalue weighted by atomic mass is 10.1. The molecule has 2 rings (SSSR count). The van der Waals surface area contributed by atoms with E-state index in [1.165, 1.54) is 4.90 Å². The van der Waals surface area contributed by atoms with Crippen LogP contribution < -0.4 is 16.1 Å². The maximum atomic E-state index is 11.8. The Morgan fingerprint density at radius 1 is 1.35 bits per heavy atom. The van der Waals surface area contributed by atoms with Crippen LogP contribution in [0.15, 0.2) is 14.7 Å². The van der Waals surface area contributed by atoms with Crippen LogP contribution in [0.1, 0.15) is 18.9 Å². The highest BCUT2D eigenvalue weighted by molar-refractivity contribution is 6.01. The first-order chi connectivity index (χ1) is 9.51. The van der Waals surface area contributed by atoms with E-state index in [-0.39, 0.29) is 5.56 Å². The fourth-order valence-electron chi connectivity index (χ4n) is 2.19. The molecule has 0 amide bonds. The fraction of sp³-hybridized carbons (Fsp3) is 0.583. The Labute approximate surface area is 115 Å². The van der Waals surface area contributed by atoms with Crippen LogP contribution in [0.2, 0.25) is 0 Å². The summed E-state index contributed by atoms with van der Waals surface area (Å²) in [7, 11) is 2.13. The van der Waals surface area contributed by atoms with E-state index in [1.807, 2.05) is 11.9 Å². The third-order valence-corrected chi connectivity index (χ3v) is 3.40. The highest BCUT2D eigenvalue weighted by Gasteiger charge is 2.19. The number of quaternary nitrogens is 1. The van der Waals surface area contributed by atoms with Crippen LogP contribution in [-0.4, -0.2) is 59.0 Å². The third-order valence-electron chi connectivity index (χ3n) is 3.40. The molecule has 8 nitrogen and oxygen atoms in total. The second-order valence-electron chi connectivity index (χ2n) is 4.94. The Morgan fingerprint density at radius 3 is 2.55 bits per heavy atom. The predicted octanol–water partition coefficient (Wildman–Crippen LogP) is -2.29. The Balaban J connectivity index is 2.33. The van der Waals surface area contributed by atoms with Crippen molar-refractivity contribution in [1.82, 2.24) is 15.0 Å². The van der Waals surface area contributed by atoms with Gasteiger partial charge in [-0.2, -0.15) is 5.10 Å². The first-order valence-electron chi connectivity index (χ1n) is 6.71. The summed E-state index contributed by atoms with van der Waals surface area (Å²) < 4.78 is 0. The molecular formula is C12H20N5O3+. The zero-order valence-corrected chi connectivity index (χ0v) is 11.7. The first kappa shape index (κ1) is 14.3. The van der Waals surface area contributed by atoms with Crippen LogP contribution >= 0.6 is 0 Å². The zero-order chi connectivity index (χ0) is 14.7. The van der Waals surface area contributed by atoms with E-state index in [4.69, 9.17) is 0 Å². The van der Waals surface area contributed by atoms with Crippen molar-refractivity contribution in [2.45, 2.75) is 13.3 Å². The predicted molar refractivity (Wildman–Crippen MR) is 74.4 cm³/mol. The van der Waals surface area contributed by atoms with E-state index < -0.39 is 17.1 Å². The van der Waals surface area contributed by atoms with Gasteiger partial charge in [0.25, 0.3) is 5.56 Å². The number of hydrazone groups is 1. The minimum atomic E-state index is -0.727. The van der Waals surface area contributed by atoms with Gasteiger partial charge < -0.3 is 10.0 Å². The summed E-state index contributed by atoms with van der Waals surface area (Å²) in [6.07, 6.45) is 0.488. The molecule has 0 aromatic carbocycles. The molecule has 0 radical (unpaired) electrons. The number of hydrogen-bond acceptors (Lipinski definition) is 5. The number of hydrogen-bond donors (Lipinski definition) is 4. The van der Waals surface area contributed by atoms with E-state index in [0.717, 1.165) is 26.2 Å². The van der Waals surface area contributed by atoms with Crippen molar-refractivity contribution in [1.29, 1.82) is 0 Å². The zero-order valence-electron chi connectivity index (χ0n) is 11.7. The fourth-order valence-corrected chi connectivity index (χ4v) is 2.19. The van der Waals surface area contributed by atoms with Crippen molar-refractivity contribution in [3.05, 3.63) is 26.4 Å². The molecule has 0 bridgehead atoms. The number of H-pyrrole nitrogens is 2. The van der Waals surface area contributed by atoms with Crippen molar-refractivity contribution >= 4 is 5.71 Å². The number of likely N-dealkylation sites (N-methyl/N-ethyl adjacent to an activating group) is 1. The molecule has 1 aliphatic rings. The topological polar surface area (TPSA) is 106 Å². The summed E-state index contributed by atoms with van der Waals surface area (Å²) in [5, 5.41) is 16.1. The molecule has 0 atom stereocenters. The minimum Gasteiger partial charge on any atom is -0.494 e. The Hall–Kier alpha value is -2.09. The first-order valence-corrected chi connectivity index (χ1v) is 6.71. The molecule has 0 aliphatic carbocycles. The molecule has 0 unspecified atom stereocenters. The van der Waals surface area contributed by atoms with E-state index in [1.54, 1.807) is 0 Å². The molecule has 4 N–H and O–H groups in total. The van der Waals surface area contributed by atoms with Gasteiger partial charge in [0.2, 0.25) is 5.88 Å². The summed E-state index contributed by atoms with van der Waals surface area (Å²) in [4.78, 5) is 28.6. The third kappa shape index (κ3) is 3.08. The molecular weight excluding hydrogens is 262 g/mol. The van der Waals surface area contributed by atoms with Crippen LogP contribution in [0.4, 0.5) is 0 Å². The lowest BCUT2D eigenvalue weighted by molar-refractivity contribution is -0.884. The van der Waals surface area contributed by atoms with Gasteiger partial charge in [-0.15, -0.1) is 0 Å². The normalized spacial score (nSPS) is 17.5. The standard InChI is InChI=1S/C12H19N5O3/c1-3-8(15-17-6-4-16(2)5-7-17)9-10(18)13-12(20)14-11(9)19/h3-7H2,1-2H3,(H3,13,14,18,19,20)/p+1/b15-8+. The number of piperazine rings is 1. The van der Waals surface area contributed by atoms with Gasteiger partial charge in [-0.05, 0) is 6.42 Å². The van der Waals surface area contributed by atoms with Gasteiger partial charge in [-0.3, -0.25) is 19.8 Å². The summed E-state index contributed by atoms with van der Waals surface area (Å²) >= 11 is 0. The lowest BCUT2D eigenvalue weighted by Crippen LogP contribution is -3.11. The Kier molecular flexibility index (Phi) is 4.23. The van der Waals surface area contributed by atoms with Crippen LogP contribution in [0.25, 0.3) is 0 Å². The van der Waals surface area contributed by atoms with Crippen LogP contribution in [0.5, 0.6) is 5.88 Å². The summed E-state index contributed by atoms with van der Waals surface area (Å²) in [6, 6.07) is 0. The average Bonchev–Trinajstić information content (AvgIpc) is 2.38. The van der Waals surface area contributed by atoms with Crippen molar-refractivity contribution in [2.75, 3.05) is 33.2 Å². The van der Waals surface area contributed by atoms with Crippen LogP contribution in [0, 0.1) is 0 Å². The maximum Gasteiger partial charge on any atom is 0.328 e. The molecule has 1 aromatic rings. The number of aromatic hydroxyl groups is 1. The van der Waals surface area contributed by atoms with Crippen molar-refractivity contribution in [3.63, 3.8) is 0 Å². The number of aromatic amines is 2. The number of nitrogens with zero attached hydrogens (tertiary/aromatic N) is 2. The summed E-state index contributed by atoms with van der Waals surface area (Å²) in [5.74, 6) is -0.431. The second-order valence-corrected chi connectivity index (χ2v) is 4.94. The van der Waals surface area contributed by atoms with Crippen LogP contribution in [0.3, 0.4) is 0 Å². The number of nitrogens with one attached hydrogen (secondary N) is 3. The summed E-state index contributed by atoms with van der Waals surface area (Å²) in [5.41, 5.74) is -0.834. The van der Waals surface area contributed by atoms with E-state index in [0.29, 0.717) is 12.1 Å². The van der Waals surface area contributed by atoms with E-state index in [2.05, 4.69) is 22.1 Å². The SMILES string of the molecule is CC/C(=N\N1CC[NH+](C)CC1)c1c(O)[nH]c(=O)[nH]c1=O. The van der Waals surface area contributed by atoms with Gasteiger partial charge in [0.15, 0.2) is 0 Å². The van der Waals surface area contributed by atoms with Crippen molar-refractivity contribution in [3.8, 4) is 5.88 Å². The molecule has 0 saturated carbocycles. The lowest BCUT2D eigenvalue weighted by Gasteiger charge is -2.28. The van der Waals surface area contributed by atoms with Gasteiger partial charge in [0, 0.05) is 0 Å². The molecule has 110 valence electrons. The Morgan fingerprint density at radius 2 is 2.00 bits per heavy atom. The van der Waals surface area contributed by atoms with Gasteiger partial charge in [-0.25, -0.2) is 4.79 Å². The smallest absolute Gasteiger partial charge is 0.328 e. The molecule has 8 heteroatoms.